The van der Waals surface area contributed by atoms with Gasteiger partial charge in [-0.1, -0.05) is 312 Å². The average molecular weight is 1550 g/mol. The van der Waals surface area contributed by atoms with Crippen molar-refractivity contribution in [2.75, 3.05) is 0 Å². The van der Waals surface area contributed by atoms with E-state index in [1.165, 1.54) is 51.1 Å². The van der Waals surface area contributed by atoms with Gasteiger partial charge >= 0.3 is 0 Å². The van der Waals surface area contributed by atoms with Gasteiger partial charge in [-0.3, -0.25) is 0 Å². The van der Waals surface area contributed by atoms with Gasteiger partial charge in [-0.25, -0.2) is 38.7 Å². The number of rotatable bonds is 17. The van der Waals surface area contributed by atoms with E-state index in [4.69, 9.17) is 29.9 Å². The topological polar surface area (TPSA) is 87.2 Å². The van der Waals surface area contributed by atoms with Crippen LogP contribution in [0.15, 0.2) is 352 Å². The van der Waals surface area contributed by atoms with E-state index in [9.17, 15) is 0 Å². The van der Waals surface area contributed by atoms with Crippen LogP contribution in [0.5, 0.6) is 0 Å². The quantitative estimate of drug-likeness (QED) is 0.0903. The Kier molecular flexibility index (Phi) is 19.0. The van der Waals surface area contributed by atoms with Gasteiger partial charge in [0, 0.05) is 66.1 Å². The second-order valence-electron chi connectivity index (χ2n) is 31.8. The maximum atomic E-state index is 16.4. The lowest BCUT2D eigenvalue weighted by molar-refractivity contribution is 0.631. The van der Waals surface area contributed by atoms with E-state index in [1.54, 1.807) is 12.1 Å². The Bertz CT molecular complexity index is 7280. The largest absolute Gasteiger partial charge is 0.308 e. The molecule has 0 amide bonds. The zero-order valence-corrected chi connectivity index (χ0v) is 67.2. The lowest BCUT2D eigenvalue weighted by Gasteiger charge is -2.17. The Hall–Kier alpha value is -15.0. The lowest BCUT2D eigenvalue weighted by atomic mass is 9.94. The number of nitrogens with zero attached hydrogens (tertiary/aromatic N) is 8. The Morgan fingerprint density at radius 3 is 0.850 bits per heavy atom. The standard InChI is InChI=1S/C110H80F2N8/c1-67-49-68(2)54-85(53-67)79-41-47-99-95(61-79)96-62-80(42-48-100(96)119(99)103-65-83(89-31-19-21-33-97(89)111)39-45-93(103)109-115-105(75-23-11-7-12-24-75)113-106(116-109)76-25-13-8-14-26-76)87-57-71(5)51-73(59-87)35-36-74-52-72(6)58-88(60-74)82-38-44-92-91-43-37-81(86-55-69(3)50-70(4)56-86)63-101(91)120(102(92)64-82)104-66-84(90-32-20-22-34-98(90)112)40-46-94(104)110-117-107(77-27-15-9-16-28-77)114-108(118-110)78-29-17-10-18-30-78/h7-34,37-66H,35-36H2,1-6H3. The highest BCUT2D eigenvalue weighted by Crippen LogP contribution is 2.46. The molecule has 8 nitrogen and oxygen atoms in total. The molecule has 0 unspecified atom stereocenters. The summed E-state index contributed by atoms with van der Waals surface area (Å²) < 4.78 is 37.3. The van der Waals surface area contributed by atoms with E-state index < -0.39 is 0 Å². The summed E-state index contributed by atoms with van der Waals surface area (Å²) in [6, 6.07) is 121. The van der Waals surface area contributed by atoms with E-state index in [1.807, 2.05) is 170 Å². The third-order valence-corrected chi connectivity index (χ3v) is 23.0. The molecule has 0 radical (unpaired) electrons. The van der Waals surface area contributed by atoms with Crippen LogP contribution in [0, 0.1) is 53.2 Å². The van der Waals surface area contributed by atoms with Crippen LogP contribution in [0.2, 0.25) is 0 Å². The van der Waals surface area contributed by atoms with Gasteiger partial charge in [-0.05, 0) is 194 Å². The summed E-state index contributed by atoms with van der Waals surface area (Å²) in [4.78, 5) is 31.5. The fourth-order valence-electron chi connectivity index (χ4n) is 17.6. The molecule has 0 saturated heterocycles. The number of fused-ring (bicyclic) bond motifs is 6. The minimum absolute atomic E-state index is 0.313. The predicted molar refractivity (Wildman–Crippen MR) is 489 cm³/mol. The van der Waals surface area contributed by atoms with E-state index in [-0.39, 0.29) is 11.6 Å². The van der Waals surface area contributed by atoms with Crippen molar-refractivity contribution in [2.24, 2.45) is 0 Å². The van der Waals surface area contributed by atoms with Crippen LogP contribution >= 0.6 is 0 Å². The molecule has 120 heavy (non-hydrogen) atoms. The van der Waals surface area contributed by atoms with Crippen molar-refractivity contribution in [3.05, 3.63) is 408 Å². The third-order valence-electron chi connectivity index (χ3n) is 23.0. The van der Waals surface area contributed by atoms with Gasteiger partial charge < -0.3 is 9.13 Å². The van der Waals surface area contributed by atoms with Crippen LogP contribution in [0.3, 0.4) is 0 Å². The van der Waals surface area contributed by atoms with E-state index in [2.05, 4.69) is 208 Å². The molecule has 4 heterocycles. The maximum Gasteiger partial charge on any atom is 0.166 e. The normalized spacial score (nSPS) is 11.6. The summed E-state index contributed by atoms with van der Waals surface area (Å²) >= 11 is 0. The molecule has 20 aromatic rings. The summed E-state index contributed by atoms with van der Waals surface area (Å²) in [5, 5.41) is 4.26. The van der Waals surface area contributed by atoms with Gasteiger partial charge in [0.05, 0.1) is 33.4 Å². The van der Waals surface area contributed by atoms with Crippen molar-refractivity contribution in [3.8, 4) is 146 Å². The third kappa shape index (κ3) is 14.3. The Labute approximate surface area is 695 Å². The summed E-state index contributed by atoms with van der Waals surface area (Å²) in [5.41, 5.74) is 31.2. The van der Waals surface area contributed by atoms with Crippen molar-refractivity contribution < 1.29 is 8.78 Å². The summed E-state index contributed by atoms with van der Waals surface area (Å²) in [6.07, 6.45) is 1.58. The smallest absolute Gasteiger partial charge is 0.166 e. The SMILES string of the molecule is Cc1cc(C)cc(-c2ccc3c(c2)c2cc(-c4cc(C)cc(CCc5cc(C)cc(-c6ccc7c8ccc(-c9cc(C)cc(C)c9)cc8n(-c8cc(-c9ccccc9F)ccc8-c8nc(-c9ccccc9)nc(-c9ccccc9)n8)c7c6)c5)c4)ccc2n3-c2cc(-c3ccccc3F)ccc2-c2nc(-c3ccccc3)nc(-c3ccccc3)n2)c1. The molecule has 16 aromatic carbocycles. The van der Waals surface area contributed by atoms with Crippen molar-refractivity contribution in [1.82, 2.24) is 39.0 Å². The Morgan fingerprint density at radius 2 is 0.492 bits per heavy atom. The molecular formula is C110H80F2N8. The van der Waals surface area contributed by atoms with Gasteiger partial charge in [0.25, 0.3) is 0 Å². The Balaban J connectivity index is 0.704. The molecular weight excluding hydrogens is 1470 g/mol. The number of aromatic nitrogens is 8. The van der Waals surface area contributed by atoms with Crippen molar-refractivity contribution in [2.45, 2.75) is 54.4 Å². The first-order valence-corrected chi connectivity index (χ1v) is 40.8. The monoisotopic (exact) mass is 1550 g/mol. The fourth-order valence-corrected chi connectivity index (χ4v) is 17.6. The van der Waals surface area contributed by atoms with Crippen molar-refractivity contribution in [1.29, 1.82) is 0 Å². The van der Waals surface area contributed by atoms with Gasteiger partial charge in [-0.15, -0.1) is 0 Å². The zero-order chi connectivity index (χ0) is 81.2. The highest BCUT2D eigenvalue weighted by Gasteiger charge is 2.26. The molecule has 574 valence electrons. The van der Waals surface area contributed by atoms with Crippen LogP contribution < -0.4 is 0 Å². The molecule has 0 N–H and O–H groups in total. The summed E-state index contributed by atoms with van der Waals surface area (Å²) in [7, 11) is 0. The van der Waals surface area contributed by atoms with Crippen molar-refractivity contribution in [3.63, 3.8) is 0 Å². The van der Waals surface area contributed by atoms with Crippen LogP contribution in [-0.4, -0.2) is 39.0 Å². The zero-order valence-electron chi connectivity index (χ0n) is 67.2. The lowest BCUT2D eigenvalue weighted by Crippen LogP contribution is -2.04. The molecule has 0 bridgehead atoms. The first-order chi connectivity index (χ1) is 58.7. The molecule has 0 aliphatic heterocycles. The molecule has 0 atom stereocenters. The predicted octanol–water partition coefficient (Wildman–Crippen LogP) is 28.2. The van der Waals surface area contributed by atoms with Crippen LogP contribution in [0.4, 0.5) is 8.78 Å². The number of halogens is 2. The number of hydrogen-bond donors (Lipinski definition) is 0. The van der Waals surface area contributed by atoms with Gasteiger partial charge in [-0.2, -0.15) is 0 Å². The molecule has 0 saturated carbocycles. The van der Waals surface area contributed by atoms with Crippen LogP contribution in [0.25, 0.3) is 190 Å². The highest BCUT2D eigenvalue weighted by molar-refractivity contribution is 6.14. The Morgan fingerprint density at radius 1 is 0.200 bits per heavy atom. The number of hydrogen-bond acceptors (Lipinski definition) is 6. The summed E-state index contributed by atoms with van der Waals surface area (Å²) in [6.45, 7) is 13.0. The first-order valence-electron chi connectivity index (χ1n) is 40.8. The van der Waals surface area contributed by atoms with E-state index in [0.717, 1.165) is 157 Å². The molecule has 0 aliphatic carbocycles. The van der Waals surface area contributed by atoms with Crippen LogP contribution in [0.1, 0.15) is 44.5 Å². The van der Waals surface area contributed by atoms with E-state index in [0.29, 0.717) is 51.6 Å². The van der Waals surface area contributed by atoms with Gasteiger partial charge in [0.1, 0.15) is 11.6 Å². The molecule has 4 aromatic heterocycles. The molecule has 0 fully saturated rings. The minimum atomic E-state index is -0.316. The highest BCUT2D eigenvalue weighted by atomic mass is 19.1. The van der Waals surface area contributed by atoms with Gasteiger partial charge in [0.15, 0.2) is 34.9 Å². The first kappa shape index (κ1) is 73.9. The molecule has 10 heteroatoms. The fraction of sp³-hybridized carbons (Fsp3) is 0.0727. The number of benzene rings is 16. The summed E-state index contributed by atoms with van der Waals surface area (Å²) in [5.74, 6) is 2.51. The number of aryl methyl sites for hydroxylation is 8. The molecule has 20 rings (SSSR count). The minimum Gasteiger partial charge on any atom is -0.308 e. The van der Waals surface area contributed by atoms with E-state index >= 15 is 8.78 Å². The average Bonchev–Trinajstić information content (AvgIpc) is 1.56. The van der Waals surface area contributed by atoms with Crippen LogP contribution in [-0.2, 0) is 12.8 Å². The second-order valence-corrected chi connectivity index (χ2v) is 31.8. The molecule has 0 spiro atoms. The second kappa shape index (κ2) is 30.9. The van der Waals surface area contributed by atoms with Gasteiger partial charge in [0.2, 0.25) is 0 Å². The maximum absolute atomic E-state index is 16.4. The molecule has 0 aliphatic rings. The van der Waals surface area contributed by atoms with Crippen molar-refractivity contribution >= 4 is 43.6 Å².